The van der Waals surface area contributed by atoms with Gasteiger partial charge in [-0.2, -0.15) is 0 Å². The van der Waals surface area contributed by atoms with Gasteiger partial charge in [-0.25, -0.2) is 9.59 Å². The number of benzene rings is 4. The summed E-state index contributed by atoms with van der Waals surface area (Å²) in [6.07, 6.45) is -11.7. The normalized spacial score (nSPS) is 25.3. The maximum absolute atomic E-state index is 16.0. The van der Waals surface area contributed by atoms with Crippen LogP contribution in [0.5, 0.6) is 0 Å². The molecule has 0 radical (unpaired) electrons. The van der Waals surface area contributed by atoms with Gasteiger partial charge in [0.15, 0.2) is 17.5 Å². The highest BCUT2D eigenvalue weighted by Crippen LogP contribution is 2.64. The van der Waals surface area contributed by atoms with E-state index in [2.05, 4.69) is 33.2 Å². The topological polar surface area (TPSA) is 344 Å². The minimum atomic E-state index is -2.58. The van der Waals surface area contributed by atoms with Crippen LogP contribution in [0.3, 0.4) is 0 Å². The predicted octanol–water partition coefficient (Wildman–Crippen LogP) is 4.35. The second-order valence-corrected chi connectivity index (χ2v) is 25.5. The van der Waals surface area contributed by atoms with Crippen LogP contribution >= 0.6 is 0 Å². The van der Waals surface area contributed by atoms with Crippen LogP contribution in [0.15, 0.2) is 145 Å². The summed E-state index contributed by atoms with van der Waals surface area (Å²) in [5.41, 5.74) is -7.50. The molecule has 1 saturated heterocycles. The Morgan fingerprint density at radius 2 is 1.31 bits per heavy atom. The number of Topliss-reactive ketones (excluding diaryl/α,β-unsaturated/α-hetero) is 1. The molecule has 4 aliphatic rings. The largest absolute Gasteiger partial charge is 0.455 e. The van der Waals surface area contributed by atoms with E-state index in [-0.39, 0.29) is 58.6 Å². The number of carbonyl (C=O) groups is 11. The van der Waals surface area contributed by atoms with Crippen LogP contribution in [0.25, 0.3) is 0 Å². The summed E-state index contributed by atoms with van der Waals surface area (Å²) in [4.78, 5) is 156. The number of ketones is 1. The first-order chi connectivity index (χ1) is 44.4. The average molecular weight is 1300 g/mol. The summed E-state index contributed by atoms with van der Waals surface area (Å²) in [5, 5.41) is 39.5. The molecule has 2 saturated carbocycles. The third-order valence-electron chi connectivity index (χ3n) is 18.2. The maximum Gasteiger partial charge on any atom is 0.350 e. The van der Waals surface area contributed by atoms with E-state index in [9.17, 15) is 53.4 Å². The second kappa shape index (κ2) is 29.3. The SMILES string of the molecule is C=C(C)C(=O)NCC(=O)N[C@@H](Cc1ccccc1)C(=O)N[C@@H](CC(C)C)C(=O)NCC(=O)O[C@@H](C(=O)O[C@H]1C[C@@]2(O)[C@@H](OC(=O)c3ccccc3)[C@@H]3[C@]4(OC(C)=O)CO[C@@H]4C[C@H](O)[C@@]3(C)C(=O)[C@H](OC(C)=O)C(=C1C)C2(C)C)[C@@H](NC(=O)c1ccccc1)c1ccccc1. The fraction of sp³-hybridized carbons (Fsp3) is 0.443. The van der Waals surface area contributed by atoms with Crippen molar-refractivity contribution in [1.82, 2.24) is 26.6 Å². The molecule has 13 atom stereocenters. The Hall–Kier alpha value is -9.39. The number of hydrogen-bond donors (Lipinski definition) is 7. The van der Waals surface area contributed by atoms with Crippen molar-refractivity contribution >= 4 is 65.2 Å². The number of fused-ring (bicyclic) bond motifs is 5. The molecule has 4 aromatic rings. The van der Waals surface area contributed by atoms with E-state index in [0.717, 1.165) is 13.8 Å². The van der Waals surface area contributed by atoms with E-state index in [0.29, 0.717) is 5.56 Å². The zero-order valence-corrected chi connectivity index (χ0v) is 53.9. The first-order valence-electron chi connectivity index (χ1n) is 31.0. The Morgan fingerprint density at radius 1 is 0.713 bits per heavy atom. The molecule has 1 heterocycles. The van der Waals surface area contributed by atoms with E-state index in [1.54, 1.807) is 98.8 Å². The fourth-order valence-electron chi connectivity index (χ4n) is 13.3. The predicted molar refractivity (Wildman–Crippen MR) is 336 cm³/mol. The number of nitrogens with one attached hydrogen (secondary N) is 5. The Kier molecular flexibility index (Phi) is 21.9. The van der Waals surface area contributed by atoms with Crippen LogP contribution in [-0.4, -0.2) is 155 Å². The van der Waals surface area contributed by atoms with Crippen LogP contribution in [0.4, 0.5) is 0 Å². The zero-order chi connectivity index (χ0) is 68.6. The van der Waals surface area contributed by atoms with Crippen molar-refractivity contribution < 1.29 is 91.4 Å². The van der Waals surface area contributed by atoms with Crippen LogP contribution in [-0.2, 0) is 78.0 Å². The molecule has 4 aromatic carbocycles. The van der Waals surface area contributed by atoms with E-state index < -0.39 is 174 Å². The van der Waals surface area contributed by atoms with Crippen LogP contribution in [0, 0.1) is 22.7 Å². The number of hydrogen-bond acceptors (Lipinski definition) is 19. The molecule has 1 aliphatic heterocycles. The van der Waals surface area contributed by atoms with E-state index in [4.69, 9.17) is 28.4 Å². The smallest absolute Gasteiger partial charge is 0.350 e. The summed E-state index contributed by atoms with van der Waals surface area (Å²) in [6, 6.07) is 27.8. The Morgan fingerprint density at radius 3 is 1.87 bits per heavy atom. The second-order valence-electron chi connectivity index (χ2n) is 25.5. The zero-order valence-electron chi connectivity index (χ0n) is 53.9. The molecular formula is C70H81N5O19. The number of esters is 5. The minimum Gasteiger partial charge on any atom is -0.455 e. The molecule has 24 nitrogen and oxygen atoms in total. The van der Waals surface area contributed by atoms with Crippen LogP contribution in [0.1, 0.15) is 119 Å². The van der Waals surface area contributed by atoms with Gasteiger partial charge in [-0.1, -0.05) is 131 Å². The third-order valence-corrected chi connectivity index (χ3v) is 18.2. The Bertz CT molecular complexity index is 3580. The van der Waals surface area contributed by atoms with Gasteiger partial charge in [0, 0.05) is 49.7 Å². The van der Waals surface area contributed by atoms with Gasteiger partial charge in [0.25, 0.3) is 5.91 Å². The van der Waals surface area contributed by atoms with Gasteiger partial charge >= 0.3 is 29.8 Å². The Labute approximate surface area is 544 Å². The lowest BCUT2D eigenvalue weighted by Gasteiger charge is -2.67. The number of rotatable bonds is 24. The summed E-state index contributed by atoms with van der Waals surface area (Å²) >= 11 is 0. The first kappa shape index (κ1) is 70.5. The lowest BCUT2D eigenvalue weighted by atomic mass is 9.44. The van der Waals surface area contributed by atoms with Crippen molar-refractivity contribution in [3.8, 4) is 0 Å². The molecule has 24 heteroatoms. The van der Waals surface area contributed by atoms with E-state index >= 15 is 9.59 Å². The Balaban J connectivity index is 1.18. The van der Waals surface area contributed by atoms with Gasteiger partial charge in [0.05, 0.1) is 36.2 Å². The summed E-state index contributed by atoms with van der Waals surface area (Å²) in [5.74, 6) is -12.1. The van der Waals surface area contributed by atoms with Gasteiger partial charge in [0.1, 0.15) is 48.6 Å². The molecule has 500 valence electrons. The van der Waals surface area contributed by atoms with Gasteiger partial charge in [-0.05, 0) is 79.6 Å². The van der Waals surface area contributed by atoms with Crippen LogP contribution in [0.2, 0.25) is 0 Å². The van der Waals surface area contributed by atoms with Gasteiger partial charge in [0.2, 0.25) is 29.7 Å². The van der Waals surface area contributed by atoms with Crippen molar-refractivity contribution in [2.75, 3.05) is 19.7 Å². The number of ether oxygens (including phenoxy) is 6. The molecular weight excluding hydrogens is 1210 g/mol. The summed E-state index contributed by atoms with van der Waals surface area (Å²) in [6.45, 7) is 14.7. The highest BCUT2D eigenvalue weighted by molar-refractivity contribution is 5.98. The first-order valence-corrected chi connectivity index (χ1v) is 31.0. The summed E-state index contributed by atoms with van der Waals surface area (Å²) < 4.78 is 37.1. The van der Waals surface area contributed by atoms with Gasteiger partial charge < -0.3 is 65.2 Å². The van der Waals surface area contributed by atoms with Gasteiger partial charge in [-0.15, -0.1) is 0 Å². The quantitative estimate of drug-likeness (QED) is 0.0222. The molecule has 3 fully saturated rings. The monoisotopic (exact) mass is 1300 g/mol. The highest BCUT2D eigenvalue weighted by atomic mass is 16.6. The third kappa shape index (κ3) is 15.0. The lowest BCUT2D eigenvalue weighted by molar-refractivity contribution is -0.346. The molecule has 7 N–H and O–H groups in total. The number of carbonyl (C=O) groups excluding carboxylic acids is 11. The van der Waals surface area contributed by atoms with Crippen molar-refractivity contribution in [3.05, 3.63) is 167 Å². The summed E-state index contributed by atoms with van der Waals surface area (Å²) in [7, 11) is 0. The number of amides is 5. The molecule has 2 bridgehead atoms. The average Bonchev–Trinajstić information content (AvgIpc) is 0.670. The molecule has 5 amide bonds. The minimum absolute atomic E-state index is 0.00987. The molecule has 0 aromatic heterocycles. The van der Waals surface area contributed by atoms with Crippen molar-refractivity contribution in [2.45, 2.75) is 154 Å². The molecule has 8 rings (SSSR count). The fourth-order valence-corrected chi connectivity index (χ4v) is 13.3. The van der Waals surface area contributed by atoms with E-state index in [1.807, 2.05) is 0 Å². The maximum atomic E-state index is 16.0. The number of aliphatic hydroxyl groups excluding tert-OH is 1. The molecule has 3 aliphatic carbocycles. The van der Waals surface area contributed by atoms with Crippen molar-refractivity contribution in [1.29, 1.82) is 0 Å². The van der Waals surface area contributed by atoms with Crippen molar-refractivity contribution in [3.63, 3.8) is 0 Å². The molecule has 94 heavy (non-hydrogen) atoms. The molecule has 0 unspecified atom stereocenters. The van der Waals surface area contributed by atoms with E-state index in [1.165, 1.54) is 71.0 Å². The standard InChI is InChI=1S/C70H81N5O19/c1-38(2)31-47(74-64(85)48(32-43-23-15-11-16-24-43)73-52(79)35-71-61(82)39(3)4)63(84)72-36-53(80)92-57(55(44-25-17-12-18-26-44)75-62(83)45-27-19-13-20-28-45)66(87)91-49-34-70(88)60(93-65(86)46-29-21-14-22-30-46)58-68(10,50(78)33-51-69(58,37-89-51)94-42(7)77)59(81)56(90-41(6)76)54(40(49)5)67(70,8)9/h11-30,38,47-51,55-58,60,78,88H,3,31-37H2,1-2,4-10H3,(H,71,82)(H,72,84)(H,73,79)(H,74,85)(H,75,83)/t47-,48-,49-,50-,51+,55-,56+,57+,58-,60-,68+,69-,70+/m0/s1. The molecule has 0 spiro atoms. The van der Waals surface area contributed by atoms with Crippen molar-refractivity contribution in [2.24, 2.45) is 22.7 Å². The van der Waals surface area contributed by atoms with Gasteiger partial charge in [-0.3, -0.25) is 43.2 Å². The lowest BCUT2D eigenvalue weighted by Crippen LogP contribution is -2.82. The number of aliphatic hydroxyl groups is 2. The highest BCUT2D eigenvalue weighted by Gasteiger charge is 2.78. The van der Waals surface area contributed by atoms with Crippen LogP contribution < -0.4 is 26.6 Å².